The molecule has 0 aromatic carbocycles. The fourth-order valence-electron chi connectivity index (χ4n) is 2.39. The van der Waals surface area contributed by atoms with Crippen molar-refractivity contribution in [2.75, 3.05) is 31.1 Å². The largest absolute Gasteiger partial charge is 0.353 e. The number of piperazine rings is 1. The summed E-state index contributed by atoms with van der Waals surface area (Å²) < 4.78 is 1.74. The number of aromatic nitrogens is 5. The third-order valence-corrected chi connectivity index (χ3v) is 3.52. The van der Waals surface area contributed by atoms with Gasteiger partial charge in [-0.15, -0.1) is 10.2 Å². The molecule has 3 heterocycles. The maximum Gasteiger partial charge on any atom is 0.151 e. The third kappa shape index (κ3) is 2.93. The Hall–Kier alpha value is -2.02. The number of rotatable bonds is 3. The topological polar surface area (TPSA) is 63.0 Å². The van der Waals surface area contributed by atoms with Gasteiger partial charge in [0.25, 0.3) is 0 Å². The molecule has 1 saturated heterocycles. The molecule has 0 saturated carbocycles. The Morgan fingerprint density at radius 3 is 2.45 bits per heavy atom. The Kier molecular flexibility index (Phi) is 3.60. The van der Waals surface area contributed by atoms with E-state index in [0.29, 0.717) is 0 Å². The molecule has 1 aliphatic heterocycles. The predicted octanol–water partition coefficient (Wildman–Crippen LogP) is 0.236. The summed E-state index contributed by atoms with van der Waals surface area (Å²) in [5.41, 5.74) is 1.98. The summed E-state index contributed by atoms with van der Waals surface area (Å²) in [6.07, 6.45) is 1.97. The van der Waals surface area contributed by atoms with Crippen LogP contribution in [0.15, 0.2) is 18.3 Å². The molecule has 0 bridgehead atoms. The maximum atomic E-state index is 4.25. The lowest BCUT2D eigenvalue weighted by Gasteiger charge is -2.34. The molecular formula is C13H19N7. The molecule has 0 unspecified atom stereocenters. The van der Waals surface area contributed by atoms with Crippen molar-refractivity contribution in [3.8, 4) is 0 Å². The van der Waals surface area contributed by atoms with E-state index in [9.17, 15) is 0 Å². The van der Waals surface area contributed by atoms with Gasteiger partial charge in [-0.2, -0.15) is 5.10 Å². The summed E-state index contributed by atoms with van der Waals surface area (Å²) >= 11 is 0. The molecule has 7 nitrogen and oxygen atoms in total. The number of hydrogen-bond acceptors (Lipinski definition) is 6. The van der Waals surface area contributed by atoms with Crippen molar-refractivity contribution in [2.24, 2.45) is 7.05 Å². The van der Waals surface area contributed by atoms with Crippen molar-refractivity contribution < 1.29 is 0 Å². The number of hydrogen-bond donors (Lipinski definition) is 0. The molecule has 20 heavy (non-hydrogen) atoms. The van der Waals surface area contributed by atoms with Crippen LogP contribution in [0.2, 0.25) is 0 Å². The molecule has 0 spiro atoms. The summed E-state index contributed by atoms with van der Waals surface area (Å²) in [6.45, 7) is 6.77. The van der Waals surface area contributed by atoms with E-state index in [1.54, 1.807) is 4.68 Å². The van der Waals surface area contributed by atoms with Crippen molar-refractivity contribution in [1.29, 1.82) is 0 Å². The SMILES string of the molecule is Cc1ccc(N2CCN(Cc3cn(C)nn3)CC2)nn1. The highest BCUT2D eigenvalue weighted by molar-refractivity contribution is 5.37. The van der Waals surface area contributed by atoms with Crippen LogP contribution in [0.1, 0.15) is 11.4 Å². The highest BCUT2D eigenvalue weighted by Crippen LogP contribution is 2.13. The van der Waals surface area contributed by atoms with Crippen molar-refractivity contribution in [3.05, 3.63) is 29.7 Å². The average molecular weight is 273 g/mol. The lowest BCUT2D eigenvalue weighted by Crippen LogP contribution is -2.46. The molecule has 0 radical (unpaired) electrons. The zero-order valence-corrected chi connectivity index (χ0v) is 11.9. The van der Waals surface area contributed by atoms with Crippen molar-refractivity contribution in [1.82, 2.24) is 30.1 Å². The summed E-state index contributed by atoms with van der Waals surface area (Å²) in [7, 11) is 1.89. The second kappa shape index (κ2) is 5.54. The Morgan fingerprint density at radius 2 is 1.85 bits per heavy atom. The van der Waals surface area contributed by atoms with E-state index < -0.39 is 0 Å². The summed E-state index contributed by atoms with van der Waals surface area (Å²) in [4.78, 5) is 4.67. The van der Waals surface area contributed by atoms with Crippen LogP contribution in [0.5, 0.6) is 0 Å². The molecular weight excluding hydrogens is 254 g/mol. The van der Waals surface area contributed by atoms with Gasteiger partial charge in [-0.3, -0.25) is 9.58 Å². The van der Waals surface area contributed by atoms with Crippen LogP contribution in [-0.2, 0) is 13.6 Å². The van der Waals surface area contributed by atoms with Crippen molar-refractivity contribution in [2.45, 2.75) is 13.5 Å². The van der Waals surface area contributed by atoms with Crippen molar-refractivity contribution >= 4 is 5.82 Å². The Bertz CT molecular complexity index is 554. The van der Waals surface area contributed by atoms with E-state index in [1.807, 2.05) is 32.3 Å². The quantitative estimate of drug-likeness (QED) is 0.798. The molecule has 0 amide bonds. The first-order valence-corrected chi connectivity index (χ1v) is 6.83. The normalized spacial score (nSPS) is 16.6. The van der Waals surface area contributed by atoms with E-state index in [4.69, 9.17) is 0 Å². The van der Waals surface area contributed by atoms with E-state index in [-0.39, 0.29) is 0 Å². The van der Waals surface area contributed by atoms with Gasteiger partial charge in [-0.05, 0) is 19.1 Å². The van der Waals surface area contributed by atoms with Crippen LogP contribution in [0.3, 0.4) is 0 Å². The first-order chi connectivity index (χ1) is 9.70. The average Bonchev–Trinajstić information content (AvgIpc) is 2.86. The highest BCUT2D eigenvalue weighted by Gasteiger charge is 2.19. The zero-order valence-electron chi connectivity index (χ0n) is 11.9. The second-order valence-electron chi connectivity index (χ2n) is 5.18. The number of nitrogens with zero attached hydrogens (tertiary/aromatic N) is 7. The molecule has 1 aliphatic rings. The molecule has 2 aromatic rings. The maximum absolute atomic E-state index is 4.25. The van der Waals surface area contributed by atoms with Gasteiger partial charge in [0.15, 0.2) is 5.82 Å². The van der Waals surface area contributed by atoms with Gasteiger partial charge in [0.1, 0.15) is 0 Å². The molecule has 1 fully saturated rings. The van der Waals surface area contributed by atoms with E-state index >= 15 is 0 Å². The van der Waals surface area contributed by atoms with Crippen LogP contribution < -0.4 is 4.90 Å². The smallest absolute Gasteiger partial charge is 0.151 e. The van der Waals surface area contributed by atoms with Crippen LogP contribution in [-0.4, -0.2) is 56.3 Å². The zero-order chi connectivity index (χ0) is 13.9. The second-order valence-corrected chi connectivity index (χ2v) is 5.18. The van der Waals surface area contributed by atoms with Gasteiger partial charge >= 0.3 is 0 Å². The van der Waals surface area contributed by atoms with Gasteiger partial charge in [0.05, 0.1) is 11.4 Å². The Balaban J connectivity index is 1.55. The van der Waals surface area contributed by atoms with Crippen molar-refractivity contribution in [3.63, 3.8) is 0 Å². The minimum absolute atomic E-state index is 0.862. The lowest BCUT2D eigenvalue weighted by atomic mass is 10.3. The van der Waals surface area contributed by atoms with Gasteiger partial charge in [-0.1, -0.05) is 5.21 Å². The molecule has 2 aromatic heterocycles. The van der Waals surface area contributed by atoms with Crippen LogP contribution in [0.4, 0.5) is 5.82 Å². The van der Waals surface area contributed by atoms with E-state index in [2.05, 4.69) is 30.3 Å². The predicted molar refractivity (Wildman–Crippen MR) is 75.3 cm³/mol. The fraction of sp³-hybridized carbons (Fsp3) is 0.538. The molecule has 106 valence electrons. The van der Waals surface area contributed by atoms with Crippen LogP contribution >= 0.6 is 0 Å². The lowest BCUT2D eigenvalue weighted by molar-refractivity contribution is 0.246. The molecule has 7 heteroatoms. The molecule has 0 aliphatic carbocycles. The Morgan fingerprint density at radius 1 is 1.05 bits per heavy atom. The summed E-state index contributed by atoms with van der Waals surface area (Å²) in [6, 6.07) is 4.05. The van der Waals surface area contributed by atoms with Gasteiger partial charge in [0, 0.05) is 46.0 Å². The number of aryl methyl sites for hydroxylation is 2. The summed E-state index contributed by atoms with van der Waals surface area (Å²) in [5.74, 6) is 0.967. The molecule has 0 N–H and O–H groups in total. The minimum Gasteiger partial charge on any atom is -0.353 e. The molecule has 0 atom stereocenters. The first-order valence-electron chi connectivity index (χ1n) is 6.83. The van der Waals surface area contributed by atoms with Crippen LogP contribution in [0.25, 0.3) is 0 Å². The number of anilines is 1. The minimum atomic E-state index is 0.862. The van der Waals surface area contributed by atoms with Gasteiger partial charge < -0.3 is 4.90 Å². The third-order valence-electron chi connectivity index (χ3n) is 3.52. The first kappa shape index (κ1) is 13.0. The fourth-order valence-corrected chi connectivity index (χ4v) is 2.39. The Labute approximate surface area is 118 Å². The molecule has 3 rings (SSSR count). The highest BCUT2D eigenvalue weighted by atomic mass is 15.4. The standard InChI is InChI=1S/C13H19N7/c1-11-3-4-13(16-14-11)20-7-5-19(6-8-20)10-12-9-18(2)17-15-12/h3-4,9H,5-8,10H2,1-2H3. The van der Waals surface area contributed by atoms with Crippen LogP contribution in [0, 0.1) is 6.92 Å². The monoisotopic (exact) mass is 273 g/mol. The van der Waals surface area contributed by atoms with E-state index in [0.717, 1.165) is 49.9 Å². The van der Waals surface area contributed by atoms with Gasteiger partial charge in [0.2, 0.25) is 0 Å². The van der Waals surface area contributed by atoms with Gasteiger partial charge in [-0.25, -0.2) is 0 Å². The van der Waals surface area contributed by atoms with E-state index in [1.165, 1.54) is 0 Å². The summed E-state index contributed by atoms with van der Waals surface area (Å²) in [5, 5.41) is 16.5.